The van der Waals surface area contributed by atoms with Gasteiger partial charge in [-0.2, -0.15) is 0 Å². The van der Waals surface area contributed by atoms with Crippen molar-refractivity contribution in [3.8, 4) is 0 Å². The first-order chi connectivity index (χ1) is 10.3. The van der Waals surface area contributed by atoms with Crippen LogP contribution in [0.25, 0.3) is 0 Å². The highest BCUT2D eigenvalue weighted by Gasteiger charge is 2.34. The summed E-state index contributed by atoms with van der Waals surface area (Å²) in [5, 5.41) is 0. The van der Waals surface area contributed by atoms with Crippen molar-refractivity contribution in [2.75, 3.05) is 6.54 Å². The Balaban J connectivity index is 1.69. The van der Waals surface area contributed by atoms with Crippen LogP contribution in [-0.2, 0) is 11.2 Å². The molecule has 2 aromatic carbocycles. The molecule has 0 spiro atoms. The van der Waals surface area contributed by atoms with Crippen LogP contribution >= 0.6 is 0 Å². The van der Waals surface area contributed by atoms with E-state index in [4.69, 9.17) is 0 Å². The van der Waals surface area contributed by atoms with Gasteiger partial charge >= 0.3 is 0 Å². The van der Waals surface area contributed by atoms with E-state index in [0.29, 0.717) is 5.91 Å². The van der Waals surface area contributed by atoms with Crippen molar-refractivity contribution in [3.05, 3.63) is 71.8 Å². The Labute approximate surface area is 126 Å². The Bertz CT molecular complexity index is 593. The van der Waals surface area contributed by atoms with Gasteiger partial charge in [0.2, 0.25) is 5.91 Å². The third-order valence-corrected chi connectivity index (χ3v) is 4.43. The summed E-state index contributed by atoms with van der Waals surface area (Å²) in [5.74, 6) is 0.439. The number of amides is 1. The highest BCUT2D eigenvalue weighted by atomic mass is 16.2. The zero-order valence-electron chi connectivity index (χ0n) is 12.4. The highest BCUT2D eigenvalue weighted by molar-refractivity contribution is 5.81. The third kappa shape index (κ3) is 2.99. The van der Waals surface area contributed by atoms with E-state index in [0.717, 1.165) is 19.4 Å². The second-order valence-electron chi connectivity index (χ2n) is 5.79. The first kappa shape index (κ1) is 13.9. The van der Waals surface area contributed by atoms with E-state index < -0.39 is 0 Å². The zero-order valence-corrected chi connectivity index (χ0v) is 12.4. The maximum atomic E-state index is 12.7. The molecule has 1 heterocycles. The normalized spacial score (nSPS) is 19.8. The van der Waals surface area contributed by atoms with Crippen LogP contribution < -0.4 is 0 Å². The monoisotopic (exact) mass is 279 g/mol. The molecule has 1 amide bonds. The molecule has 108 valence electrons. The van der Waals surface area contributed by atoms with Crippen molar-refractivity contribution in [1.82, 2.24) is 4.90 Å². The van der Waals surface area contributed by atoms with Gasteiger partial charge in [0.05, 0.1) is 6.04 Å². The van der Waals surface area contributed by atoms with Crippen molar-refractivity contribution in [2.45, 2.75) is 25.8 Å². The van der Waals surface area contributed by atoms with Crippen LogP contribution in [0.1, 0.15) is 30.5 Å². The molecule has 2 atom stereocenters. The van der Waals surface area contributed by atoms with Gasteiger partial charge in [0.15, 0.2) is 0 Å². The number of carbonyl (C=O) groups is 1. The predicted octanol–water partition coefficient (Wildman–Crippen LogP) is 3.84. The summed E-state index contributed by atoms with van der Waals surface area (Å²) in [7, 11) is 0. The molecular weight excluding hydrogens is 258 g/mol. The molecule has 2 nitrogen and oxygen atoms in total. The standard InChI is InChI=1S/C19H21NO/c1-15(17-10-6-3-7-11-17)20-13-12-18(19(20)21)14-16-8-4-2-5-9-16/h2-11,15,18H,12-14H2,1H3/t15-,18+/m1/s1. The minimum Gasteiger partial charge on any atom is -0.336 e. The van der Waals surface area contributed by atoms with Crippen molar-refractivity contribution >= 4 is 5.91 Å². The molecule has 0 saturated carbocycles. The van der Waals surface area contributed by atoms with E-state index in [2.05, 4.69) is 31.2 Å². The summed E-state index contributed by atoms with van der Waals surface area (Å²) < 4.78 is 0. The maximum Gasteiger partial charge on any atom is 0.226 e. The van der Waals surface area contributed by atoms with Crippen molar-refractivity contribution < 1.29 is 4.79 Å². The molecular formula is C19H21NO. The fraction of sp³-hybridized carbons (Fsp3) is 0.316. The Kier molecular flexibility index (Phi) is 4.05. The molecule has 0 radical (unpaired) electrons. The van der Waals surface area contributed by atoms with E-state index in [1.165, 1.54) is 11.1 Å². The molecule has 1 saturated heterocycles. The molecule has 3 rings (SSSR count). The quantitative estimate of drug-likeness (QED) is 0.832. The van der Waals surface area contributed by atoms with Crippen LogP contribution in [0.5, 0.6) is 0 Å². The molecule has 2 heteroatoms. The topological polar surface area (TPSA) is 20.3 Å². The number of rotatable bonds is 4. The average Bonchev–Trinajstić information content (AvgIpc) is 2.89. The molecule has 2 aromatic rings. The lowest BCUT2D eigenvalue weighted by Crippen LogP contribution is -2.30. The third-order valence-electron chi connectivity index (χ3n) is 4.43. The van der Waals surface area contributed by atoms with Crippen LogP contribution in [0.3, 0.4) is 0 Å². The second-order valence-corrected chi connectivity index (χ2v) is 5.79. The van der Waals surface area contributed by atoms with E-state index in [1.807, 2.05) is 41.3 Å². The van der Waals surface area contributed by atoms with Crippen LogP contribution in [0, 0.1) is 5.92 Å². The number of carbonyl (C=O) groups excluding carboxylic acids is 1. The molecule has 1 aliphatic heterocycles. The Morgan fingerprint density at radius 3 is 2.33 bits per heavy atom. The van der Waals surface area contributed by atoms with E-state index >= 15 is 0 Å². The molecule has 0 aliphatic carbocycles. The highest BCUT2D eigenvalue weighted by Crippen LogP contribution is 2.30. The molecule has 21 heavy (non-hydrogen) atoms. The molecule has 0 unspecified atom stereocenters. The summed E-state index contributed by atoms with van der Waals surface area (Å²) in [6.07, 6.45) is 1.82. The van der Waals surface area contributed by atoms with Crippen LogP contribution in [0.2, 0.25) is 0 Å². The maximum absolute atomic E-state index is 12.7. The minimum atomic E-state index is 0.138. The Morgan fingerprint density at radius 2 is 1.67 bits per heavy atom. The largest absolute Gasteiger partial charge is 0.336 e. The van der Waals surface area contributed by atoms with E-state index in [9.17, 15) is 4.79 Å². The van der Waals surface area contributed by atoms with Crippen LogP contribution in [0.15, 0.2) is 60.7 Å². The van der Waals surface area contributed by atoms with Gasteiger partial charge in [-0.3, -0.25) is 4.79 Å². The summed E-state index contributed by atoms with van der Waals surface area (Å²) in [4.78, 5) is 14.7. The fourth-order valence-corrected chi connectivity index (χ4v) is 3.15. The zero-order chi connectivity index (χ0) is 14.7. The number of nitrogens with zero attached hydrogens (tertiary/aromatic N) is 1. The molecule has 0 bridgehead atoms. The first-order valence-corrected chi connectivity index (χ1v) is 7.65. The smallest absolute Gasteiger partial charge is 0.226 e. The lowest BCUT2D eigenvalue weighted by atomic mass is 9.98. The van der Waals surface area contributed by atoms with E-state index in [-0.39, 0.29) is 12.0 Å². The lowest BCUT2D eigenvalue weighted by molar-refractivity contribution is -0.132. The summed E-state index contributed by atoms with van der Waals surface area (Å²) >= 11 is 0. The van der Waals surface area contributed by atoms with Gasteiger partial charge in [-0.05, 0) is 30.9 Å². The van der Waals surface area contributed by atoms with Crippen molar-refractivity contribution in [2.24, 2.45) is 5.92 Å². The SMILES string of the molecule is C[C@H](c1ccccc1)N1CC[C@@H](Cc2ccccc2)C1=O. The summed E-state index contributed by atoms with van der Waals surface area (Å²) in [6.45, 7) is 2.99. The summed E-state index contributed by atoms with van der Waals surface area (Å²) in [6, 6.07) is 20.8. The Morgan fingerprint density at radius 1 is 1.05 bits per heavy atom. The second kappa shape index (κ2) is 6.13. The molecule has 1 aliphatic rings. The van der Waals surface area contributed by atoms with Gasteiger partial charge < -0.3 is 4.90 Å². The molecule has 0 N–H and O–H groups in total. The van der Waals surface area contributed by atoms with Crippen LogP contribution in [0.4, 0.5) is 0 Å². The van der Waals surface area contributed by atoms with Gasteiger partial charge in [0.25, 0.3) is 0 Å². The van der Waals surface area contributed by atoms with Crippen LogP contribution in [-0.4, -0.2) is 17.4 Å². The number of hydrogen-bond donors (Lipinski definition) is 0. The fourth-order valence-electron chi connectivity index (χ4n) is 3.15. The van der Waals surface area contributed by atoms with E-state index in [1.54, 1.807) is 0 Å². The van der Waals surface area contributed by atoms with Gasteiger partial charge in [-0.15, -0.1) is 0 Å². The Hall–Kier alpha value is -2.09. The minimum absolute atomic E-state index is 0.138. The molecule has 1 fully saturated rings. The van der Waals surface area contributed by atoms with Crippen molar-refractivity contribution in [1.29, 1.82) is 0 Å². The van der Waals surface area contributed by atoms with Gasteiger partial charge in [-0.25, -0.2) is 0 Å². The predicted molar refractivity (Wildman–Crippen MR) is 84.8 cm³/mol. The lowest BCUT2D eigenvalue weighted by Gasteiger charge is -2.25. The number of hydrogen-bond acceptors (Lipinski definition) is 1. The number of benzene rings is 2. The first-order valence-electron chi connectivity index (χ1n) is 7.65. The number of likely N-dealkylation sites (tertiary alicyclic amines) is 1. The molecule has 0 aromatic heterocycles. The summed E-state index contributed by atoms with van der Waals surface area (Å²) in [5.41, 5.74) is 2.47. The van der Waals surface area contributed by atoms with Gasteiger partial charge in [-0.1, -0.05) is 60.7 Å². The van der Waals surface area contributed by atoms with Crippen molar-refractivity contribution in [3.63, 3.8) is 0 Å². The van der Waals surface area contributed by atoms with Gasteiger partial charge in [0, 0.05) is 12.5 Å². The average molecular weight is 279 g/mol. The van der Waals surface area contributed by atoms with Gasteiger partial charge in [0.1, 0.15) is 0 Å².